The fourth-order valence-electron chi connectivity index (χ4n) is 2.61. The van der Waals surface area contributed by atoms with E-state index >= 15 is 0 Å². The molecule has 0 aromatic carbocycles. The number of hydrogen-bond donors (Lipinski definition) is 0. The number of unbranched alkanes of at least 4 members (excludes halogenated alkanes) is 5. The van der Waals surface area contributed by atoms with Gasteiger partial charge in [0.1, 0.15) is 0 Å². The lowest BCUT2D eigenvalue weighted by atomic mass is 9.75. The molecule has 19 heavy (non-hydrogen) atoms. The maximum absolute atomic E-state index is 13.3. The molecule has 0 amide bonds. The van der Waals surface area contributed by atoms with Crippen molar-refractivity contribution in [3.63, 3.8) is 0 Å². The van der Waals surface area contributed by atoms with Gasteiger partial charge in [0.15, 0.2) is 0 Å². The highest BCUT2D eigenvalue weighted by molar-refractivity contribution is 5.00. The molecule has 114 valence electrons. The third-order valence-corrected chi connectivity index (χ3v) is 3.70. The van der Waals surface area contributed by atoms with E-state index in [1.165, 1.54) is 6.42 Å². The fraction of sp³-hybridized carbons (Fsp3) is 0.875. The van der Waals surface area contributed by atoms with Crippen LogP contribution in [0.3, 0.4) is 0 Å². The van der Waals surface area contributed by atoms with Crippen molar-refractivity contribution in [2.45, 2.75) is 78.3 Å². The normalized spacial score (nSPS) is 15.5. The molecule has 0 nitrogen and oxygen atoms in total. The van der Waals surface area contributed by atoms with Gasteiger partial charge in [0.25, 0.3) is 0 Å². The molecular weight excluding hydrogens is 249 g/mol. The second kappa shape index (κ2) is 8.65. The van der Waals surface area contributed by atoms with Gasteiger partial charge >= 0.3 is 6.18 Å². The average Bonchev–Trinajstić information content (AvgIpc) is 2.30. The van der Waals surface area contributed by atoms with Crippen LogP contribution in [0.2, 0.25) is 0 Å². The SMILES string of the molecule is C=CC(CCCCCCCC)(CC(C)C)C(F)(F)F. The van der Waals surface area contributed by atoms with Gasteiger partial charge in [-0.3, -0.25) is 0 Å². The van der Waals surface area contributed by atoms with Crippen LogP contribution in [0.15, 0.2) is 12.7 Å². The third-order valence-electron chi connectivity index (χ3n) is 3.70. The summed E-state index contributed by atoms with van der Waals surface area (Å²) in [4.78, 5) is 0. The van der Waals surface area contributed by atoms with E-state index in [1.54, 1.807) is 0 Å². The molecule has 0 aliphatic carbocycles. The Morgan fingerprint density at radius 1 is 1.00 bits per heavy atom. The zero-order valence-electron chi connectivity index (χ0n) is 12.7. The van der Waals surface area contributed by atoms with Crippen molar-refractivity contribution in [1.29, 1.82) is 0 Å². The zero-order chi connectivity index (χ0) is 14.9. The molecule has 0 N–H and O–H groups in total. The van der Waals surface area contributed by atoms with Crippen LogP contribution in [0.1, 0.15) is 72.1 Å². The summed E-state index contributed by atoms with van der Waals surface area (Å²) in [6.07, 6.45) is 3.34. The molecule has 0 radical (unpaired) electrons. The van der Waals surface area contributed by atoms with Gasteiger partial charge in [-0.2, -0.15) is 13.2 Å². The van der Waals surface area contributed by atoms with Crippen LogP contribution in [0, 0.1) is 11.3 Å². The van der Waals surface area contributed by atoms with E-state index in [0.29, 0.717) is 6.42 Å². The predicted molar refractivity (Wildman–Crippen MR) is 76.1 cm³/mol. The summed E-state index contributed by atoms with van der Waals surface area (Å²) in [5.41, 5.74) is -1.69. The Morgan fingerprint density at radius 3 is 1.95 bits per heavy atom. The number of alkyl halides is 3. The standard InChI is InChI=1S/C16H29F3/c1-5-7-8-9-10-11-12-15(6-2,13-14(3)4)16(17,18)19/h6,14H,2,5,7-13H2,1,3-4H3. The minimum absolute atomic E-state index is 0.0275. The smallest absolute Gasteiger partial charge is 0.170 e. The molecule has 0 fully saturated rings. The Balaban J connectivity index is 4.39. The molecule has 3 heteroatoms. The Morgan fingerprint density at radius 2 is 1.53 bits per heavy atom. The molecule has 0 aliphatic heterocycles. The van der Waals surface area contributed by atoms with E-state index in [1.807, 2.05) is 13.8 Å². The first-order valence-electron chi connectivity index (χ1n) is 7.49. The van der Waals surface area contributed by atoms with Crippen LogP contribution < -0.4 is 0 Å². The van der Waals surface area contributed by atoms with E-state index < -0.39 is 11.6 Å². The quantitative estimate of drug-likeness (QED) is 0.315. The van der Waals surface area contributed by atoms with Crippen molar-refractivity contribution in [1.82, 2.24) is 0 Å². The monoisotopic (exact) mass is 278 g/mol. The predicted octanol–water partition coefficient (Wildman–Crippen LogP) is 6.52. The molecule has 0 heterocycles. The molecule has 0 rings (SSSR count). The Kier molecular flexibility index (Phi) is 8.44. The lowest BCUT2D eigenvalue weighted by molar-refractivity contribution is -0.213. The molecular formula is C16H29F3. The summed E-state index contributed by atoms with van der Waals surface area (Å²) in [6, 6.07) is 0. The van der Waals surface area contributed by atoms with Crippen molar-refractivity contribution < 1.29 is 13.2 Å². The molecule has 0 saturated carbocycles. The van der Waals surface area contributed by atoms with Crippen LogP contribution in [0.25, 0.3) is 0 Å². The maximum atomic E-state index is 13.3. The molecule has 0 spiro atoms. The summed E-state index contributed by atoms with van der Waals surface area (Å²) >= 11 is 0. The number of allylic oxidation sites excluding steroid dienone is 1. The van der Waals surface area contributed by atoms with Crippen molar-refractivity contribution >= 4 is 0 Å². The largest absolute Gasteiger partial charge is 0.397 e. The lowest BCUT2D eigenvalue weighted by Crippen LogP contribution is -2.37. The lowest BCUT2D eigenvalue weighted by Gasteiger charge is -2.34. The van der Waals surface area contributed by atoms with Crippen molar-refractivity contribution in [2.24, 2.45) is 11.3 Å². The van der Waals surface area contributed by atoms with Crippen molar-refractivity contribution in [2.75, 3.05) is 0 Å². The molecule has 1 atom stereocenters. The Hall–Kier alpha value is -0.470. The van der Waals surface area contributed by atoms with E-state index in [-0.39, 0.29) is 18.8 Å². The van der Waals surface area contributed by atoms with E-state index in [4.69, 9.17) is 0 Å². The van der Waals surface area contributed by atoms with Gasteiger partial charge < -0.3 is 0 Å². The van der Waals surface area contributed by atoms with Crippen LogP contribution >= 0.6 is 0 Å². The molecule has 0 aromatic heterocycles. The second-order valence-electron chi connectivity index (χ2n) is 5.97. The highest BCUT2D eigenvalue weighted by Crippen LogP contribution is 2.47. The second-order valence-corrected chi connectivity index (χ2v) is 5.97. The van der Waals surface area contributed by atoms with E-state index in [9.17, 15) is 13.2 Å². The van der Waals surface area contributed by atoms with Gasteiger partial charge in [0.05, 0.1) is 5.41 Å². The van der Waals surface area contributed by atoms with Crippen molar-refractivity contribution in [3.8, 4) is 0 Å². The maximum Gasteiger partial charge on any atom is 0.397 e. The molecule has 1 unspecified atom stereocenters. The molecule has 0 saturated heterocycles. The number of rotatable bonds is 10. The molecule has 0 aliphatic rings. The van der Waals surface area contributed by atoms with Gasteiger partial charge in [0.2, 0.25) is 0 Å². The van der Waals surface area contributed by atoms with Gasteiger partial charge in [0, 0.05) is 0 Å². The summed E-state index contributed by atoms with van der Waals surface area (Å²) in [7, 11) is 0. The van der Waals surface area contributed by atoms with Gasteiger partial charge in [-0.1, -0.05) is 65.4 Å². The van der Waals surface area contributed by atoms with Gasteiger partial charge in [-0.05, 0) is 18.8 Å². The van der Waals surface area contributed by atoms with Crippen LogP contribution in [-0.2, 0) is 0 Å². The number of hydrogen-bond acceptors (Lipinski definition) is 0. The van der Waals surface area contributed by atoms with Crippen LogP contribution in [-0.4, -0.2) is 6.18 Å². The minimum Gasteiger partial charge on any atom is -0.170 e. The highest BCUT2D eigenvalue weighted by atomic mass is 19.4. The Labute approximate surface area is 116 Å². The fourth-order valence-corrected chi connectivity index (χ4v) is 2.61. The van der Waals surface area contributed by atoms with Crippen LogP contribution in [0.4, 0.5) is 13.2 Å². The van der Waals surface area contributed by atoms with Crippen LogP contribution in [0.5, 0.6) is 0 Å². The zero-order valence-corrected chi connectivity index (χ0v) is 12.7. The summed E-state index contributed by atoms with van der Waals surface area (Å²) in [6.45, 7) is 9.27. The summed E-state index contributed by atoms with van der Waals surface area (Å²) < 4.78 is 39.9. The highest BCUT2D eigenvalue weighted by Gasteiger charge is 2.51. The first kappa shape index (κ1) is 18.5. The average molecular weight is 278 g/mol. The topological polar surface area (TPSA) is 0 Å². The van der Waals surface area contributed by atoms with E-state index in [0.717, 1.165) is 31.8 Å². The van der Waals surface area contributed by atoms with Crippen molar-refractivity contribution in [3.05, 3.63) is 12.7 Å². The third kappa shape index (κ3) is 6.49. The van der Waals surface area contributed by atoms with Gasteiger partial charge in [-0.15, -0.1) is 6.58 Å². The summed E-state index contributed by atoms with van der Waals surface area (Å²) in [5.74, 6) is 0.0275. The first-order valence-corrected chi connectivity index (χ1v) is 7.49. The molecule has 0 bridgehead atoms. The summed E-state index contributed by atoms with van der Waals surface area (Å²) in [5, 5.41) is 0. The van der Waals surface area contributed by atoms with Gasteiger partial charge in [-0.25, -0.2) is 0 Å². The first-order chi connectivity index (χ1) is 8.79. The van der Waals surface area contributed by atoms with E-state index in [2.05, 4.69) is 13.5 Å². The Bertz CT molecular complexity index is 243. The molecule has 0 aromatic rings. The number of halogens is 3. The minimum atomic E-state index is -4.18.